The Bertz CT molecular complexity index is 428. The molecular weight excluding hydrogens is 352 g/mol. The molecule has 0 bridgehead atoms. The molecular formula is C12H12Br2OS. The maximum atomic E-state index is 12.4. The van der Waals surface area contributed by atoms with Crippen molar-refractivity contribution in [1.29, 1.82) is 0 Å². The molecule has 2 saturated carbocycles. The van der Waals surface area contributed by atoms with Crippen molar-refractivity contribution in [3.8, 4) is 0 Å². The van der Waals surface area contributed by atoms with Gasteiger partial charge in [-0.1, -0.05) is 12.8 Å². The van der Waals surface area contributed by atoms with Crippen LogP contribution >= 0.6 is 43.2 Å². The van der Waals surface area contributed by atoms with E-state index in [2.05, 4.69) is 31.9 Å². The smallest absolute Gasteiger partial charge is 0.177 e. The Kier molecular flexibility index (Phi) is 3.01. The number of Topliss-reactive ketones (excluding diaryl/α,β-unsaturated/α-hetero) is 1. The zero-order valence-electron chi connectivity index (χ0n) is 8.71. The fourth-order valence-electron chi connectivity index (χ4n) is 3.02. The summed E-state index contributed by atoms with van der Waals surface area (Å²) in [5.41, 5.74) is 0. The summed E-state index contributed by atoms with van der Waals surface area (Å²) < 4.78 is 1.95. The molecule has 3 rings (SSSR count). The molecule has 16 heavy (non-hydrogen) atoms. The molecule has 2 aliphatic carbocycles. The zero-order valence-corrected chi connectivity index (χ0v) is 12.7. The Hall–Kier alpha value is 0.330. The van der Waals surface area contributed by atoms with Gasteiger partial charge in [0.15, 0.2) is 5.78 Å². The van der Waals surface area contributed by atoms with Crippen LogP contribution in [0.3, 0.4) is 0 Å². The molecule has 2 atom stereocenters. The minimum absolute atomic E-state index is 0.337. The molecule has 0 amide bonds. The Morgan fingerprint density at radius 1 is 1.25 bits per heavy atom. The van der Waals surface area contributed by atoms with E-state index in [1.807, 2.05) is 5.38 Å². The highest BCUT2D eigenvalue weighted by molar-refractivity contribution is 9.13. The molecule has 2 fully saturated rings. The van der Waals surface area contributed by atoms with Gasteiger partial charge in [0, 0.05) is 15.8 Å². The quantitative estimate of drug-likeness (QED) is 0.683. The Balaban J connectivity index is 1.82. The second-order valence-electron chi connectivity index (χ2n) is 4.73. The predicted octanol–water partition coefficient (Wildman–Crippen LogP) is 4.89. The van der Waals surface area contributed by atoms with E-state index >= 15 is 0 Å². The highest BCUT2D eigenvalue weighted by Gasteiger charge is 2.55. The maximum Gasteiger partial charge on any atom is 0.177 e. The second kappa shape index (κ2) is 4.21. The third kappa shape index (κ3) is 1.73. The average Bonchev–Trinajstić information content (AvgIpc) is 2.93. The maximum absolute atomic E-state index is 12.4. The molecule has 2 unspecified atom stereocenters. The number of hydrogen-bond acceptors (Lipinski definition) is 2. The summed E-state index contributed by atoms with van der Waals surface area (Å²) in [5.74, 6) is 2.12. The molecule has 1 aromatic heterocycles. The summed E-state index contributed by atoms with van der Waals surface area (Å²) in [5, 5.41) is 1.99. The Morgan fingerprint density at radius 2 is 1.88 bits per heavy atom. The zero-order chi connectivity index (χ0) is 11.3. The standard InChI is InChI=1S/C12H12Br2OS/c13-8-5-16-12(10(8)14)11(15)9-6-3-1-2-4-7(6)9/h5-7,9H,1-4H2. The van der Waals surface area contributed by atoms with E-state index in [1.165, 1.54) is 25.7 Å². The van der Waals surface area contributed by atoms with Crippen molar-refractivity contribution in [1.82, 2.24) is 0 Å². The summed E-state index contributed by atoms with van der Waals surface area (Å²) in [7, 11) is 0. The van der Waals surface area contributed by atoms with Crippen LogP contribution in [-0.2, 0) is 0 Å². The second-order valence-corrected chi connectivity index (χ2v) is 7.26. The summed E-state index contributed by atoms with van der Waals surface area (Å²) >= 11 is 8.49. The molecule has 0 aromatic carbocycles. The normalized spacial score (nSPS) is 32.2. The predicted molar refractivity (Wildman–Crippen MR) is 73.0 cm³/mol. The van der Waals surface area contributed by atoms with E-state index in [9.17, 15) is 4.79 Å². The van der Waals surface area contributed by atoms with E-state index in [1.54, 1.807) is 11.3 Å². The van der Waals surface area contributed by atoms with Gasteiger partial charge >= 0.3 is 0 Å². The lowest BCUT2D eigenvalue weighted by molar-refractivity contribution is 0.0959. The SMILES string of the molecule is O=C(c1scc(Br)c1Br)C1C2CCCCC21. The molecule has 1 heterocycles. The fraction of sp³-hybridized carbons (Fsp3) is 0.583. The van der Waals surface area contributed by atoms with Crippen LogP contribution in [0.4, 0.5) is 0 Å². The number of thiophene rings is 1. The van der Waals surface area contributed by atoms with Gasteiger partial charge in [-0.25, -0.2) is 0 Å². The average molecular weight is 364 g/mol. The van der Waals surface area contributed by atoms with Gasteiger partial charge in [0.1, 0.15) is 0 Å². The van der Waals surface area contributed by atoms with Crippen molar-refractivity contribution in [3.63, 3.8) is 0 Å². The topological polar surface area (TPSA) is 17.1 Å². The highest BCUT2D eigenvalue weighted by atomic mass is 79.9. The van der Waals surface area contributed by atoms with Crippen LogP contribution in [0.1, 0.15) is 35.4 Å². The molecule has 0 aliphatic heterocycles. The largest absolute Gasteiger partial charge is 0.293 e. The van der Waals surface area contributed by atoms with Crippen LogP contribution in [0.25, 0.3) is 0 Å². The Labute approximate surface area is 116 Å². The summed E-state index contributed by atoms with van der Waals surface area (Å²) in [6.45, 7) is 0. The highest BCUT2D eigenvalue weighted by Crippen LogP contribution is 2.57. The van der Waals surface area contributed by atoms with E-state index in [0.717, 1.165) is 13.8 Å². The molecule has 0 radical (unpaired) electrons. The van der Waals surface area contributed by atoms with Gasteiger partial charge < -0.3 is 0 Å². The van der Waals surface area contributed by atoms with Gasteiger partial charge in [-0.3, -0.25) is 4.79 Å². The molecule has 1 nitrogen and oxygen atoms in total. The third-order valence-electron chi connectivity index (χ3n) is 3.87. The van der Waals surface area contributed by atoms with Crippen molar-refractivity contribution in [2.45, 2.75) is 25.7 Å². The van der Waals surface area contributed by atoms with Gasteiger partial charge in [-0.2, -0.15) is 0 Å². The Morgan fingerprint density at radius 3 is 2.38 bits per heavy atom. The molecule has 1 aromatic rings. The van der Waals surface area contributed by atoms with Crippen molar-refractivity contribution in [2.24, 2.45) is 17.8 Å². The van der Waals surface area contributed by atoms with Gasteiger partial charge in [0.2, 0.25) is 0 Å². The van der Waals surface area contributed by atoms with Crippen LogP contribution in [-0.4, -0.2) is 5.78 Å². The van der Waals surface area contributed by atoms with Crippen LogP contribution < -0.4 is 0 Å². The van der Waals surface area contributed by atoms with E-state index in [-0.39, 0.29) is 0 Å². The van der Waals surface area contributed by atoms with Crippen molar-refractivity contribution >= 4 is 49.0 Å². The van der Waals surface area contributed by atoms with Gasteiger partial charge in [-0.15, -0.1) is 11.3 Å². The van der Waals surface area contributed by atoms with Crippen LogP contribution in [0.15, 0.2) is 14.3 Å². The lowest BCUT2D eigenvalue weighted by atomic mass is 10.0. The molecule has 0 saturated heterocycles. The molecule has 0 N–H and O–H groups in total. The van der Waals surface area contributed by atoms with E-state index in [4.69, 9.17) is 0 Å². The number of hydrogen-bond donors (Lipinski definition) is 0. The molecule has 86 valence electrons. The molecule has 0 spiro atoms. The summed E-state index contributed by atoms with van der Waals surface area (Å²) in [6.07, 6.45) is 5.18. The number of fused-ring (bicyclic) bond motifs is 1. The number of carbonyl (C=O) groups is 1. The summed E-state index contributed by atoms with van der Waals surface area (Å²) in [6, 6.07) is 0. The van der Waals surface area contributed by atoms with Crippen molar-refractivity contribution < 1.29 is 4.79 Å². The lowest BCUT2D eigenvalue weighted by Crippen LogP contribution is -2.02. The minimum atomic E-state index is 0.337. The molecule has 2 aliphatic rings. The van der Waals surface area contributed by atoms with Crippen LogP contribution in [0.2, 0.25) is 0 Å². The monoisotopic (exact) mass is 362 g/mol. The first-order valence-electron chi connectivity index (χ1n) is 5.67. The van der Waals surface area contributed by atoms with Gasteiger partial charge in [0.25, 0.3) is 0 Å². The van der Waals surface area contributed by atoms with Gasteiger partial charge in [-0.05, 0) is 56.5 Å². The first-order valence-corrected chi connectivity index (χ1v) is 8.13. The van der Waals surface area contributed by atoms with Crippen LogP contribution in [0, 0.1) is 17.8 Å². The van der Waals surface area contributed by atoms with E-state index < -0.39 is 0 Å². The number of halogens is 2. The number of ketones is 1. The van der Waals surface area contributed by atoms with Crippen LogP contribution in [0.5, 0.6) is 0 Å². The number of rotatable bonds is 2. The first-order chi connectivity index (χ1) is 7.70. The first kappa shape index (κ1) is 11.4. The number of carbonyl (C=O) groups excluding carboxylic acids is 1. The minimum Gasteiger partial charge on any atom is -0.293 e. The third-order valence-corrected chi connectivity index (χ3v) is 7.41. The van der Waals surface area contributed by atoms with E-state index in [0.29, 0.717) is 23.5 Å². The van der Waals surface area contributed by atoms with Crippen molar-refractivity contribution in [2.75, 3.05) is 0 Å². The fourth-order valence-corrected chi connectivity index (χ4v) is 5.18. The lowest BCUT2D eigenvalue weighted by Gasteiger charge is -2.04. The molecule has 4 heteroatoms. The summed E-state index contributed by atoms with van der Waals surface area (Å²) in [4.78, 5) is 13.3. The van der Waals surface area contributed by atoms with Gasteiger partial charge in [0.05, 0.1) is 9.35 Å². The van der Waals surface area contributed by atoms with Crippen molar-refractivity contribution in [3.05, 3.63) is 19.2 Å².